The summed E-state index contributed by atoms with van der Waals surface area (Å²) in [6.07, 6.45) is 1.94. The molecule has 1 aromatic heterocycles. The maximum atomic E-state index is 9.20. The zero-order valence-electron chi connectivity index (χ0n) is 8.82. The van der Waals surface area contributed by atoms with Crippen LogP contribution in [0.25, 0.3) is 0 Å². The summed E-state index contributed by atoms with van der Waals surface area (Å²) >= 11 is 5.26. The Bertz CT molecular complexity index is 322. The fraction of sp³-hybridized carbons (Fsp3) is 0.636. The fourth-order valence-electron chi connectivity index (χ4n) is 2.06. The van der Waals surface area contributed by atoms with E-state index in [9.17, 15) is 5.11 Å². The highest BCUT2D eigenvalue weighted by molar-refractivity contribution is 9.10. The minimum Gasteiger partial charge on any atom is -0.393 e. The minimum absolute atomic E-state index is 0.0284. The number of thiophene rings is 1. The van der Waals surface area contributed by atoms with E-state index < -0.39 is 0 Å². The zero-order valence-corrected chi connectivity index (χ0v) is 11.2. The first-order valence-corrected chi connectivity index (χ1v) is 6.90. The number of aliphatic hydroxyl groups is 1. The van der Waals surface area contributed by atoms with E-state index >= 15 is 0 Å². The maximum absolute atomic E-state index is 9.20. The Morgan fingerprint density at radius 2 is 2.33 bits per heavy atom. The summed E-state index contributed by atoms with van der Waals surface area (Å²) < 4.78 is 1.18. The van der Waals surface area contributed by atoms with Crippen molar-refractivity contribution in [2.24, 2.45) is 5.92 Å². The van der Waals surface area contributed by atoms with Gasteiger partial charge in [-0.05, 0) is 47.8 Å². The number of hydrogen-bond acceptors (Lipinski definition) is 3. The van der Waals surface area contributed by atoms with Crippen molar-refractivity contribution < 1.29 is 5.11 Å². The van der Waals surface area contributed by atoms with Crippen LogP contribution in [0.4, 0.5) is 0 Å². The molecular formula is C11H16BrNOS. The van der Waals surface area contributed by atoms with Gasteiger partial charge in [-0.15, -0.1) is 11.3 Å². The van der Waals surface area contributed by atoms with Gasteiger partial charge in [-0.1, -0.05) is 0 Å². The number of nitrogens with zero attached hydrogens (tertiary/aromatic N) is 1. The lowest BCUT2D eigenvalue weighted by Gasteiger charge is -2.34. The second-order valence-electron chi connectivity index (χ2n) is 4.42. The van der Waals surface area contributed by atoms with E-state index in [-0.39, 0.29) is 6.10 Å². The number of hydrogen-bond donors (Lipinski definition) is 1. The minimum atomic E-state index is -0.0284. The molecule has 84 valence electrons. The molecule has 0 saturated heterocycles. The molecule has 1 fully saturated rings. The molecule has 0 aromatic carbocycles. The summed E-state index contributed by atoms with van der Waals surface area (Å²) in [7, 11) is 2.15. The second kappa shape index (κ2) is 4.95. The van der Waals surface area contributed by atoms with Crippen molar-refractivity contribution in [3.8, 4) is 0 Å². The van der Waals surface area contributed by atoms with Crippen molar-refractivity contribution >= 4 is 27.3 Å². The molecule has 15 heavy (non-hydrogen) atoms. The highest BCUT2D eigenvalue weighted by atomic mass is 79.9. The molecule has 0 radical (unpaired) electrons. The van der Waals surface area contributed by atoms with Gasteiger partial charge in [-0.2, -0.15) is 0 Å². The molecule has 1 aromatic rings. The fourth-order valence-corrected chi connectivity index (χ4v) is 3.59. The van der Waals surface area contributed by atoms with E-state index in [1.54, 1.807) is 11.3 Å². The largest absolute Gasteiger partial charge is 0.393 e. The third kappa shape index (κ3) is 3.28. The molecule has 0 spiro atoms. The highest BCUT2D eigenvalue weighted by Crippen LogP contribution is 2.28. The smallest absolute Gasteiger partial charge is 0.0546 e. The van der Waals surface area contributed by atoms with Crippen LogP contribution >= 0.6 is 27.3 Å². The Hall–Kier alpha value is 0.1000. The Morgan fingerprint density at radius 1 is 1.60 bits per heavy atom. The molecule has 0 aliphatic heterocycles. The molecule has 1 aliphatic rings. The average Bonchev–Trinajstić information content (AvgIpc) is 2.48. The predicted molar refractivity (Wildman–Crippen MR) is 67.1 cm³/mol. The van der Waals surface area contributed by atoms with Gasteiger partial charge in [0, 0.05) is 27.8 Å². The van der Waals surface area contributed by atoms with Gasteiger partial charge in [0.15, 0.2) is 0 Å². The predicted octanol–water partition coefficient (Wildman–Crippen LogP) is 2.71. The van der Waals surface area contributed by atoms with Crippen LogP contribution in [0.5, 0.6) is 0 Å². The normalized spacial score (nSPS) is 25.6. The first kappa shape index (κ1) is 11.6. The highest BCUT2D eigenvalue weighted by Gasteiger charge is 2.27. The Labute approximate surface area is 103 Å². The second-order valence-corrected chi connectivity index (χ2v) is 6.33. The molecule has 0 bridgehead atoms. The van der Waals surface area contributed by atoms with Gasteiger partial charge in [0.25, 0.3) is 0 Å². The van der Waals surface area contributed by atoms with Gasteiger partial charge in [0.2, 0.25) is 0 Å². The molecule has 1 N–H and O–H groups in total. The molecular weight excluding hydrogens is 274 g/mol. The van der Waals surface area contributed by atoms with Crippen LogP contribution < -0.4 is 0 Å². The van der Waals surface area contributed by atoms with E-state index in [1.807, 2.05) is 0 Å². The van der Waals surface area contributed by atoms with Crippen LogP contribution in [0.1, 0.15) is 17.7 Å². The molecule has 0 unspecified atom stereocenters. The van der Waals surface area contributed by atoms with Crippen LogP contribution in [0.2, 0.25) is 0 Å². The topological polar surface area (TPSA) is 23.5 Å². The molecule has 1 aliphatic carbocycles. The zero-order chi connectivity index (χ0) is 10.8. The van der Waals surface area contributed by atoms with E-state index in [1.165, 1.54) is 9.35 Å². The van der Waals surface area contributed by atoms with E-state index in [2.05, 4.69) is 39.3 Å². The van der Waals surface area contributed by atoms with E-state index in [4.69, 9.17) is 0 Å². The number of aliphatic hydroxyl groups excluding tert-OH is 1. The summed E-state index contributed by atoms with van der Waals surface area (Å²) in [5, 5.41) is 11.3. The van der Waals surface area contributed by atoms with Crippen molar-refractivity contribution in [2.45, 2.75) is 25.5 Å². The monoisotopic (exact) mass is 289 g/mol. The van der Waals surface area contributed by atoms with Crippen LogP contribution in [-0.4, -0.2) is 29.7 Å². The SMILES string of the molecule is CN(Cc1cc(Br)cs1)CC1CC(O)C1. The lowest BCUT2D eigenvalue weighted by Crippen LogP contribution is -2.36. The van der Waals surface area contributed by atoms with Crippen LogP contribution in [0, 0.1) is 5.92 Å². The Balaban J connectivity index is 1.75. The summed E-state index contributed by atoms with van der Waals surface area (Å²) in [6, 6.07) is 2.18. The molecule has 1 saturated carbocycles. The average molecular weight is 290 g/mol. The third-order valence-electron chi connectivity index (χ3n) is 2.83. The third-order valence-corrected chi connectivity index (χ3v) is 4.51. The summed E-state index contributed by atoms with van der Waals surface area (Å²) in [6.45, 7) is 2.12. The van der Waals surface area contributed by atoms with Crippen LogP contribution in [-0.2, 0) is 6.54 Å². The Morgan fingerprint density at radius 3 is 2.87 bits per heavy atom. The van der Waals surface area contributed by atoms with Crippen molar-refractivity contribution in [1.82, 2.24) is 4.90 Å². The maximum Gasteiger partial charge on any atom is 0.0546 e. The van der Waals surface area contributed by atoms with Gasteiger partial charge in [0.1, 0.15) is 0 Å². The standard InChI is InChI=1S/C11H16BrNOS/c1-13(5-8-2-10(14)3-8)6-11-4-9(12)7-15-11/h4,7-8,10,14H,2-3,5-6H2,1H3. The molecule has 0 amide bonds. The molecule has 4 heteroatoms. The van der Waals surface area contributed by atoms with Crippen molar-refractivity contribution in [2.75, 3.05) is 13.6 Å². The number of rotatable bonds is 4. The molecule has 2 nitrogen and oxygen atoms in total. The lowest BCUT2D eigenvalue weighted by atomic mass is 9.82. The first-order valence-electron chi connectivity index (χ1n) is 5.23. The molecule has 2 rings (SSSR count). The molecule has 1 heterocycles. The van der Waals surface area contributed by atoms with Crippen LogP contribution in [0.3, 0.4) is 0 Å². The van der Waals surface area contributed by atoms with Gasteiger partial charge in [-0.25, -0.2) is 0 Å². The van der Waals surface area contributed by atoms with Crippen molar-refractivity contribution in [3.05, 3.63) is 20.8 Å². The van der Waals surface area contributed by atoms with Gasteiger partial charge in [-0.3, -0.25) is 0 Å². The lowest BCUT2D eigenvalue weighted by molar-refractivity contribution is 0.0275. The Kier molecular flexibility index (Phi) is 3.83. The van der Waals surface area contributed by atoms with E-state index in [0.29, 0.717) is 5.92 Å². The first-order chi connectivity index (χ1) is 7.13. The van der Waals surface area contributed by atoms with E-state index in [0.717, 1.165) is 25.9 Å². The van der Waals surface area contributed by atoms with Gasteiger partial charge >= 0.3 is 0 Å². The molecule has 0 atom stereocenters. The van der Waals surface area contributed by atoms with Crippen LogP contribution in [0.15, 0.2) is 15.9 Å². The summed E-state index contributed by atoms with van der Waals surface area (Å²) in [4.78, 5) is 3.73. The summed E-state index contributed by atoms with van der Waals surface area (Å²) in [5.41, 5.74) is 0. The quantitative estimate of drug-likeness (QED) is 0.921. The van der Waals surface area contributed by atoms with Crippen molar-refractivity contribution in [1.29, 1.82) is 0 Å². The number of halogens is 1. The van der Waals surface area contributed by atoms with Gasteiger partial charge < -0.3 is 10.0 Å². The van der Waals surface area contributed by atoms with Gasteiger partial charge in [0.05, 0.1) is 6.10 Å². The summed E-state index contributed by atoms with van der Waals surface area (Å²) in [5.74, 6) is 0.702. The van der Waals surface area contributed by atoms with Crippen molar-refractivity contribution in [3.63, 3.8) is 0 Å².